The average Bonchev–Trinajstić information content (AvgIpc) is 2.90. The van der Waals surface area contributed by atoms with Crippen molar-refractivity contribution in [3.8, 4) is 5.75 Å². The van der Waals surface area contributed by atoms with Crippen molar-refractivity contribution in [3.05, 3.63) is 46.7 Å². The first kappa shape index (κ1) is 12.9. The number of thiophene rings is 1. The maximum Gasteiger partial charge on any atom is 0.137 e. The van der Waals surface area contributed by atoms with Crippen molar-refractivity contribution in [1.82, 2.24) is 0 Å². The Kier molecular flexibility index (Phi) is 4.23. The van der Waals surface area contributed by atoms with Gasteiger partial charge in [0.15, 0.2) is 0 Å². The molecule has 0 aliphatic rings. The molecule has 4 heteroatoms. The predicted molar refractivity (Wildman–Crippen MR) is 77.5 cm³/mol. The van der Waals surface area contributed by atoms with Gasteiger partial charge >= 0.3 is 0 Å². The highest BCUT2D eigenvalue weighted by molar-refractivity contribution is 7.07. The third-order valence-corrected chi connectivity index (χ3v) is 3.44. The Hall–Kier alpha value is -1.52. The lowest BCUT2D eigenvalue weighted by molar-refractivity contribution is 0.215. The minimum atomic E-state index is -0.0753. The average molecular weight is 262 g/mol. The predicted octanol–water partition coefficient (Wildman–Crippen LogP) is 2.89. The number of hydrogen-bond acceptors (Lipinski definition) is 4. The molecule has 1 atom stereocenters. The van der Waals surface area contributed by atoms with Crippen molar-refractivity contribution in [2.24, 2.45) is 5.73 Å². The Morgan fingerprint density at radius 1 is 1.33 bits per heavy atom. The molecular weight excluding hydrogens is 244 g/mol. The standard InChI is InChI=1S/C14H18N2OS/c1-16(2)12-4-3-5-13(8-12)17-14(9-15)11-6-7-18-10-11/h3-8,10,14H,9,15H2,1-2H3. The molecule has 0 saturated heterocycles. The van der Waals surface area contributed by atoms with E-state index in [9.17, 15) is 0 Å². The summed E-state index contributed by atoms with van der Waals surface area (Å²) in [4.78, 5) is 2.05. The molecule has 0 fully saturated rings. The SMILES string of the molecule is CN(C)c1cccc(OC(CN)c2ccsc2)c1. The van der Waals surface area contributed by atoms with E-state index in [2.05, 4.69) is 22.4 Å². The van der Waals surface area contributed by atoms with Crippen molar-refractivity contribution in [2.45, 2.75) is 6.10 Å². The number of nitrogens with two attached hydrogens (primary N) is 1. The zero-order chi connectivity index (χ0) is 13.0. The van der Waals surface area contributed by atoms with Crippen LogP contribution in [0.25, 0.3) is 0 Å². The van der Waals surface area contributed by atoms with Gasteiger partial charge in [-0.25, -0.2) is 0 Å². The Morgan fingerprint density at radius 2 is 2.17 bits per heavy atom. The number of hydrogen-bond donors (Lipinski definition) is 1. The monoisotopic (exact) mass is 262 g/mol. The fourth-order valence-electron chi connectivity index (χ4n) is 1.71. The van der Waals surface area contributed by atoms with E-state index in [0.29, 0.717) is 6.54 Å². The van der Waals surface area contributed by atoms with Crippen LogP contribution in [0, 0.1) is 0 Å². The summed E-state index contributed by atoms with van der Waals surface area (Å²) < 4.78 is 5.95. The summed E-state index contributed by atoms with van der Waals surface area (Å²) in [7, 11) is 4.02. The second kappa shape index (κ2) is 5.89. The molecule has 2 aromatic rings. The lowest BCUT2D eigenvalue weighted by Gasteiger charge is -2.18. The molecule has 96 valence electrons. The van der Waals surface area contributed by atoms with E-state index >= 15 is 0 Å². The Labute approximate surface area is 112 Å². The first-order chi connectivity index (χ1) is 8.70. The fraction of sp³-hybridized carbons (Fsp3) is 0.286. The highest BCUT2D eigenvalue weighted by Crippen LogP contribution is 2.25. The molecule has 1 aromatic carbocycles. The lowest BCUT2D eigenvalue weighted by atomic mass is 10.2. The van der Waals surface area contributed by atoms with Gasteiger partial charge in [0, 0.05) is 38.0 Å². The Bertz CT molecular complexity index is 482. The van der Waals surface area contributed by atoms with Gasteiger partial charge in [0.05, 0.1) is 0 Å². The Morgan fingerprint density at radius 3 is 2.78 bits per heavy atom. The Balaban J connectivity index is 2.15. The van der Waals surface area contributed by atoms with Crippen LogP contribution in [-0.4, -0.2) is 20.6 Å². The van der Waals surface area contributed by atoms with E-state index in [4.69, 9.17) is 10.5 Å². The van der Waals surface area contributed by atoms with E-state index < -0.39 is 0 Å². The molecule has 1 unspecified atom stereocenters. The highest BCUT2D eigenvalue weighted by atomic mass is 32.1. The van der Waals surface area contributed by atoms with Crippen molar-refractivity contribution in [3.63, 3.8) is 0 Å². The number of benzene rings is 1. The van der Waals surface area contributed by atoms with Crippen LogP contribution in [0.15, 0.2) is 41.1 Å². The summed E-state index contributed by atoms with van der Waals surface area (Å²) in [5, 5.41) is 4.12. The molecule has 1 heterocycles. The van der Waals surface area contributed by atoms with Gasteiger partial charge in [0.25, 0.3) is 0 Å². The second-order valence-corrected chi connectivity index (χ2v) is 5.07. The summed E-state index contributed by atoms with van der Waals surface area (Å²) in [6, 6.07) is 10.1. The van der Waals surface area contributed by atoms with Gasteiger partial charge in [-0.2, -0.15) is 11.3 Å². The van der Waals surface area contributed by atoms with E-state index in [1.807, 2.05) is 37.7 Å². The van der Waals surface area contributed by atoms with Crippen LogP contribution in [0.1, 0.15) is 11.7 Å². The molecule has 3 nitrogen and oxygen atoms in total. The molecule has 0 amide bonds. The fourth-order valence-corrected chi connectivity index (χ4v) is 2.41. The van der Waals surface area contributed by atoms with Crippen LogP contribution in [0.2, 0.25) is 0 Å². The summed E-state index contributed by atoms with van der Waals surface area (Å²) >= 11 is 1.66. The lowest BCUT2D eigenvalue weighted by Crippen LogP contribution is -2.18. The van der Waals surface area contributed by atoms with Gasteiger partial charge in [0.1, 0.15) is 11.9 Å². The molecular formula is C14H18N2OS. The zero-order valence-electron chi connectivity index (χ0n) is 10.7. The largest absolute Gasteiger partial charge is 0.484 e. The smallest absolute Gasteiger partial charge is 0.137 e. The number of ether oxygens (including phenoxy) is 1. The van der Waals surface area contributed by atoms with Crippen molar-refractivity contribution >= 4 is 17.0 Å². The second-order valence-electron chi connectivity index (χ2n) is 4.29. The zero-order valence-corrected chi connectivity index (χ0v) is 11.5. The molecule has 0 radical (unpaired) electrons. The van der Waals surface area contributed by atoms with Crippen LogP contribution in [0.5, 0.6) is 5.75 Å². The molecule has 0 aliphatic carbocycles. The van der Waals surface area contributed by atoms with Crippen LogP contribution in [0.4, 0.5) is 5.69 Å². The molecule has 18 heavy (non-hydrogen) atoms. The van der Waals surface area contributed by atoms with Gasteiger partial charge in [-0.15, -0.1) is 0 Å². The molecule has 0 bridgehead atoms. The summed E-state index contributed by atoms with van der Waals surface area (Å²) in [5.41, 5.74) is 8.03. The number of rotatable bonds is 5. The van der Waals surface area contributed by atoms with Gasteiger partial charge in [0.2, 0.25) is 0 Å². The molecule has 0 spiro atoms. The number of nitrogens with zero attached hydrogens (tertiary/aromatic N) is 1. The van der Waals surface area contributed by atoms with Gasteiger partial charge in [-0.05, 0) is 29.0 Å². The quantitative estimate of drug-likeness (QED) is 0.900. The van der Waals surface area contributed by atoms with E-state index in [-0.39, 0.29) is 6.10 Å². The third-order valence-electron chi connectivity index (χ3n) is 2.74. The topological polar surface area (TPSA) is 38.5 Å². The van der Waals surface area contributed by atoms with E-state index in [1.54, 1.807) is 11.3 Å². The van der Waals surface area contributed by atoms with Crippen LogP contribution in [0.3, 0.4) is 0 Å². The van der Waals surface area contributed by atoms with Gasteiger partial charge < -0.3 is 15.4 Å². The molecule has 1 aromatic heterocycles. The minimum Gasteiger partial charge on any atom is -0.484 e. The van der Waals surface area contributed by atoms with Crippen molar-refractivity contribution in [1.29, 1.82) is 0 Å². The highest BCUT2D eigenvalue weighted by Gasteiger charge is 2.12. The van der Waals surface area contributed by atoms with Crippen molar-refractivity contribution in [2.75, 3.05) is 25.5 Å². The van der Waals surface area contributed by atoms with Gasteiger partial charge in [-0.1, -0.05) is 6.07 Å². The minimum absolute atomic E-state index is 0.0753. The molecule has 2 N–H and O–H groups in total. The van der Waals surface area contributed by atoms with E-state index in [1.165, 1.54) is 0 Å². The molecule has 0 saturated carbocycles. The first-order valence-electron chi connectivity index (χ1n) is 5.87. The third kappa shape index (κ3) is 3.03. The maximum absolute atomic E-state index is 5.95. The van der Waals surface area contributed by atoms with Crippen LogP contribution in [-0.2, 0) is 0 Å². The first-order valence-corrected chi connectivity index (χ1v) is 6.81. The summed E-state index contributed by atoms with van der Waals surface area (Å²) in [6.45, 7) is 0.475. The van der Waals surface area contributed by atoms with Gasteiger partial charge in [-0.3, -0.25) is 0 Å². The normalized spacial score (nSPS) is 12.2. The van der Waals surface area contributed by atoms with E-state index in [0.717, 1.165) is 17.0 Å². The maximum atomic E-state index is 5.95. The molecule has 0 aliphatic heterocycles. The number of anilines is 1. The van der Waals surface area contributed by atoms with Crippen LogP contribution < -0.4 is 15.4 Å². The van der Waals surface area contributed by atoms with Crippen LogP contribution >= 0.6 is 11.3 Å². The van der Waals surface area contributed by atoms with Crippen molar-refractivity contribution < 1.29 is 4.74 Å². The summed E-state index contributed by atoms with van der Waals surface area (Å²) in [5.74, 6) is 0.850. The summed E-state index contributed by atoms with van der Waals surface area (Å²) in [6.07, 6.45) is -0.0753. The molecule has 2 rings (SSSR count).